The van der Waals surface area contributed by atoms with Crippen molar-refractivity contribution in [1.82, 2.24) is 0 Å². The Balaban J connectivity index is 2.03. The Hall–Kier alpha value is -2.20. The van der Waals surface area contributed by atoms with Gasteiger partial charge in [0, 0.05) is 17.7 Å². The number of amides is 1. The zero-order valence-electron chi connectivity index (χ0n) is 11.9. The normalized spacial score (nSPS) is 10.1. The molecule has 0 saturated heterocycles. The molecule has 108 valence electrons. The highest BCUT2D eigenvalue weighted by Crippen LogP contribution is 2.12. The molecule has 0 aliphatic rings. The summed E-state index contributed by atoms with van der Waals surface area (Å²) in [6.07, 6.45) is 1.54. The predicted octanol–water partition coefficient (Wildman–Crippen LogP) is 3.33. The summed E-state index contributed by atoms with van der Waals surface area (Å²) < 4.78 is 0. The van der Waals surface area contributed by atoms with Gasteiger partial charge >= 0.3 is 0 Å². The van der Waals surface area contributed by atoms with Gasteiger partial charge in [0.2, 0.25) is 0 Å². The van der Waals surface area contributed by atoms with Crippen LogP contribution in [0.15, 0.2) is 48.5 Å². The topological polar surface area (TPSA) is 55.1 Å². The standard InChI is InChI=1S/C17H18N2OS/c1-2-12-5-9-15(10-6-12)19-17(20)14-7-3-13(4-8-14)11-16(18)21/h3-10H,2,11H2,1H3,(H2,18,21)(H,19,20). The molecule has 0 unspecified atom stereocenters. The Kier molecular flexibility index (Phi) is 5.06. The van der Waals surface area contributed by atoms with E-state index >= 15 is 0 Å². The Morgan fingerprint density at radius 1 is 1.05 bits per heavy atom. The van der Waals surface area contributed by atoms with Gasteiger partial charge in [0.15, 0.2) is 0 Å². The second-order valence-electron chi connectivity index (χ2n) is 4.84. The first-order valence-electron chi connectivity index (χ1n) is 6.86. The Labute approximate surface area is 130 Å². The van der Waals surface area contributed by atoms with Gasteiger partial charge in [0.25, 0.3) is 5.91 Å². The summed E-state index contributed by atoms with van der Waals surface area (Å²) in [4.78, 5) is 12.6. The van der Waals surface area contributed by atoms with E-state index in [4.69, 9.17) is 18.0 Å². The Bertz CT molecular complexity index is 633. The first kappa shape index (κ1) is 15.2. The van der Waals surface area contributed by atoms with Crippen LogP contribution in [-0.2, 0) is 12.8 Å². The zero-order chi connectivity index (χ0) is 15.2. The van der Waals surface area contributed by atoms with Crippen LogP contribution in [-0.4, -0.2) is 10.9 Å². The number of rotatable bonds is 5. The lowest BCUT2D eigenvalue weighted by Gasteiger charge is -2.07. The molecule has 2 rings (SSSR count). The lowest BCUT2D eigenvalue weighted by molar-refractivity contribution is 0.102. The maximum atomic E-state index is 12.1. The molecular formula is C17H18N2OS. The quantitative estimate of drug-likeness (QED) is 0.833. The fourth-order valence-corrected chi connectivity index (χ4v) is 2.17. The molecule has 1 amide bonds. The van der Waals surface area contributed by atoms with E-state index in [2.05, 4.69) is 12.2 Å². The van der Waals surface area contributed by atoms with Crippen LogP contribution in [0.5, 0.6) is 0 Å². The molecule has 0 aromatic heterocycles. The van der Waals surface area contributed by atoms with Crippen LogP contribution in [0.3, 0.4) is 0 Å². The lowest BCUT2D eigenvalue weighted by atomic mass is 10.1. The molecular weight excluding hydrogens is 280 g/mol. The third-order valence-electron chi connectivity index (χ3n) is 3.21. The van der Waals surface area contributed by atoms with Crippen LogP contribution in [0.4, 0.5) is 5.69 Å². The fraction of sp³-hybridized carbons (Fsp3) is 0.176. The van der Waals surface area contributed by atoms with Gasteiger partial charge in [0.1, 0.15) is 0 Å². The minimum atomic E-state index is -0.124. The number of nitrogens with two attached hydrogens (primary N) is 1. The fourth-order valence-electron chi connectivity index (χ4n) is 2.00. The molecule has 3 N–H and O–H groups in total. The summed E-state index contributed by atoms with van der Waals surface area (Å²) in [6.45, 7) is 2.10. The minimum Gasteiger partial charge on any atom is -0.393 e. The van der Waals surface area contributed by atoms with Crippen LogP contribution in [0.25, 0.3) is 0 Å². The molecule has 0 aliphatic carbocycles. The van der Waals surface area contributed by atoms with Gasteiger partial charge in [-0.2, -0.15) is 0 Å². The largest absolute Gasteiger partial charge is 0.393 e. The number of nitrogens with one attached hydrogen (secondary N) is 1. The SMILES string of the molecule is CCc1ccc(NC(=O)c2ccc(CC(N)=S)cc2)cc1. The molecule has 0 radical (unpaired) electrons. The molecule has 3 nitrogen and oxygen atoms in total. The first-order valence-corrected chi connectivity index (χ1v) is 7.27. The molecule has 0 saturated carbocycles. The van der Waals surface area contributed by atoms with Crippen LogP contribution in [0, 0.1) is 0 Å². The average Bonchev–Trinajstić information content (AvgIpc) is 2.48. The van der Waals surface area contributed by atoms with Crippen molar-refractivity contribution in [1.29, 1.82) is 0 Å². The molecule has 4 heteroatoms. The van der Waals surface area contributed by atoms with Gasteiger partial charge in [-0.3, -0.25) is 4.79 Å². The average molecular weight is 298 g/mol. The number of anilines is 1. The molecule has 0 bridgehead atoms. The molecule has 0 spiro atoms. The Morgan fingerprint density at radius 2 is 1.62 bits per heavy atom. The highest BCUT2D eigenvalue weighted by molar-refractivity contribution is 7.80. The zero-order valence-corrected chi connectivity index (χ0v) is 12.7. The van der Waals surface area contributed by atoms with Gasteiger partial charge in [0.05, 0.1) is 4.99 Å². The van der Waals surface area contributed by atoms with E-state index in [-0.39, 0.29) is 5.91 Å². The van der Waals surface area contributed by atoms with Crippen LogP contribution < -0.4 is 11.1 Å². The number of aryl methyl sites for hydroxylation is 1. The van der Waals surface area contributed by atoms with Gasteiger partial charge in [-0.1, -0.05) is 43.4 Å². The van der Waals surface area contributed by atoms with Crippen LogP contribution >= 0.6 is 12.2 Å². The van der Waals surface area contributed by atoms with E-state index in [0.29, 0.717) is 17.0 Å². The minimum absolute atomic E-state index is 0.124. The second kappa shape index (κ2) is 6.99. The van der Waals surface area contributed by atoms with Crippen molar-refractivity contribution in [2.75, 3.05) is 5.32 Å². The van der Waals surface area contributed by atoms with E-state index in [9.17, 15) is 4.79 Å². The molecule has 0 aliphatic heterocycles. The second-order valence-corrected chi connectivity index (χ2v) is 5.37. The van der Waals surface area contributed by atoms with E-state index < -0.39 is 0 Å². The summed E-state index contributed by atoms with van der Waals surface area (Å²) >= 11 is 4.87. The van der Waals surface area contributed by atoms with E-state index in [1.54, 1.807) is 12.1 Å². The van der Waals surface area contributed by atoms with Crippen molar-refractivity contribution in [3.63, 3.8) is 0 Å². The number of carbonyl (C=O) groups excluding carboxylic acids is 1. The molecule has 2 aromatic rings. The summed E-state index contributed by atoms with van der Waals surface area (Å²) in [6, 6.07) is 15.2. The maximum Gasteiger partial charge on any atom is 0.255 e. The number of thiocarbonyl (C=S) groups is 1. The van der Waals surface area contributed by atoms with Gasteiger partial charge in [-0.05, 0) is 41.8 Å². The number of benzene rings is 2. The molecule has 0 heterocycles. The maximum absolute atomic E-state index is 12.1. The highest BCUT2D eigenvalue weighted by Gasteiger charge is 2.06. The van der Waals surface area contributed by atoms with E-state index in [1.165, 1.54) is 5.56 Å². The first-order chi connectivity index (χ1) is 10.1. The summed E-state index contributed by atoms with van der Waals surface area (Å²) in [7, 11) is 0. The molecule has 21 heavy (non-hydrogen) atoms. The lowest BCUT2D eigenvalue weighted by Crippen LogP contribution is -2.13. The van der Waals surface area contributed by atoms with Crippen molar-refractivity contribution in [3.05, 3.63) is 65.2 Å². The van der Waals surface area contributed by atoms with E-state index in [0.717, 1.165) is 17.7 Å². The van der Waals surface area contributed by atoms with Gasteiger partial charge < -0.3 is 11.1 Å². The summed E-state index contributed by atoms with van der Waals surface area (Å²) in [5, 5.41) is 2.88. The number of hydrogen-bond donors (Lipinski definition) is 2. The van der Waals surface area contributed by atoms with Gasteiger partial charge in [-0.25, -0.2) is 0 Å². The van der Waals surface area contributed by atoms with Crippen LogP contribution in [0.1, 0.15) is 28.4 Å². The molecule has 0 atom stereocenters. The third kappa shape index (κ3) is 4.39. The third-order valence-corrected chi connectivity index (χ3v) is 3.36. The van der Waals surface area contributed by atoms with E-state index in [1.807, 2.05) is 36.4 Å². The molecule has 2 aromatic carbocycles. The monoisotopic (exact) mass is 298 g/mol. The van der Waals surface area contributed by atoms with Crippen molar-refractivity contribution in [3.8, 4) is 0 Å². The van der Waals surface area contributed by atoms with Crippen molar-refractivity contribution < 1.29 is 4.79 Å². The molecule has 0 fully saturated rings. The highest BCUT2D eigenvalue weighted by atomic mass is 32.1. The predicted molar refractivity (Wildman–Crippen MR) is 90.7 cm³/mol. The summed E-state index contributed by atoms with van der Waals surface area (Å²) in [5.41, 5.74) is 9.16. The smallest absolute Gasteiger partial charge is 0.255 e. The summed E-state index contributed by atoms with van der Waals surface area (Å²) in [5.74, 6) is -0.124. The number of hydrogen-bond acceptors (Lipinski definition) is 2. The van der Waals surface area contributed by atoms with Gasteiger partial charge in [-0.15, -0.1) is 0 Å². The number of carbonyl (C=O) groups is 1. The van der Waals surface area contributed by atoms with Crippen molar-refractivity contribution >= 4 is 28.8 Å². The van der Waals surface area contributed by atoms with Crippen molar-refractivity contribution in [2.45, 2.75) is 19.8 Å². The van der Waals surface area contributed by atoms with Crippen molar-refractivity contribution in [2.24, 2.45) is 5.73 Å². The van der Waals surface area contributed by atoms with Crippen LogP contribution in [0.2, 0.25) is 0 Å². The Morgan fingerprint density at radius 3 is 2.14 bits per heavy atom.